The van der Waals surface area contributed by atoms with Crippen molar-refractivity contribution in [1.82, 2.24) is 24.9 Å². The Morgan fingerprint density at radius 3 is 2.37 bits per heavy atom. The molecule has 7 heteroatoms. The molecular weight excluding hydrogens is 487 g/mol. The van der Waals surface area contributed by atoms with Gasteiger partial charge in [-0.25, -0.2) is 0 Å². The molecule has 2 unspecified atom stereocenters. The number of hydrogen-bond acceptors (Lipinski definition) is 4. The predicted octanol–water partition coefficient (Wildman–Crippen LogP) is 2.58. The first kappa shape index (κ1) is 25.4. The van der Waals surface area contributed by atoms with Crippen LogP contribution in [0.1, 0.15) is 31.9 Å². The number of halogens is 1. The third kappa shape index (κ3) is 6.80. The summed E-state index contributed by atoms with van der Waals surface area (Å²) in [4.78, 5) is 15.0. The molecule has 0 aliphatic carbocycles. The van der Waals surface area contributed by atoms with Crippen LogP contribution in [-0.2, 0) is 0 Å². The fourth-order valence-corrected chi connectivity index (χ4v) is 4.54. The lowest BCUT2D eigenvalue weighted by molar-refractivity contribution is 0.117. The van der Waals surface area contributed by atoms with Crippen LogP contribution >= 0.6 is 24.0 Å². The van der Waals surface area contributed by atoms with Crippen molar-refractivity contribution in [2.24, 2.45) is 4.99 Å². The van der Waals surface area contributed by atoms with Gasteiger partial charge in [0, 0.05) is 64.4 Å². The van der Waals surface area contributed by atoms with E-state index in [0.717, 1.165) is 71.3 Å². The van der Waals surface area contributed by atoms with E-state index in [4.69, 9.17) is 4.99 Å². The molecule has 2 saturated heterocycles. The summed E-state index contributed by atoms with van der Waals surface area (Å²) in [6.07, 6.45) is 1.15. The Kier molecular flexibility index (Phi) is 10.8. The van der Waals surface area contributed by atoms with E-state index in [1.165, 1.54) is 5.56 Å². The zero-order valence-electron chi connectivity index (χ0n) is 19.3. The highest BCUT2D eigenvalue weighted by atomic mass is 127. The van der Waals surface area contributed by atoms with Crippen LogP contribution in [0, 0.1) is 0 Å². The van der Waals surface area contributed by atoms with E-state index in [9.17, 15) is 0 Å². The van der Waals surface area contributed by atoms with E-state index in [1.807, 2.05) is 0 Å². The molecule has 0 spiro atoms. The summed E-state index contributed by atoms with van der Waals surface area (Å²) in [5, 5.41) is 3.53. The van der Waals surface area contributed by atoms with Crippen molar-refractivity contribution < 1.29 is 0 Å². The van der Waals surface area contributed by atoms with Crippen LogP contribution in [0.2, 0.25) is 0 Å². The molecule has 2 atom stereocenters. The maximum absolute atomic E-state index is 5.04. The molecule has 2 aliphatic rings. The van der Waals surface area contributed by atoms with Crippen LogP contribution in [-0.4, -0.2) is 105 Å². The summed E-state index contributed by atoms with van der Waals surface area (Å²) in [5.41, 5.74) is 1.44. The Morgan fingerprint density at radius 2 is 1.73 bits per heavy atom. The van der Waals surface area contributed by atoms with Crippen molar-refractivity contribution in [3.63, 3.8) is 0 Å². The molecule has 0 radical (unpaired) electrons. The van der Waals surface area contributed by atoms with Crippen molar-refractivity contribution in [3.05, 3.63) is 35.9 Å². The van der Waals surface area contributed by atoms with Crippen molar-refractivity contribution in [1.29, 1.82) is 0 Å². The van der Waals surface area contributed by atoms with Gasteiger partial charge in [0.25, 0.3) is 0 Å². The molecular formula is C23H41IN6. The summed E-state index contributed by atoms with van der Waals surface area (Å²) in [5.74, 6) is 1.08. The topological polar surface area (TPSA) is 37.4 Å². The Hall–Kier alpha value is -0.900. The van der Waals surface area contributed by atoms with Gasteiger partial charge < -0.3 is 15.1 Å². The Bertz CT molecular complexity index is 632. The van der Waals surface area contributed by atoms with E-state index in [1.54, 1.807) is 0 Å². The second-order valence-electron chi connectivity index (χ2n) is 8.45. The van der Waals surface area contributed by atoms with Gasteiger partial charge in [-0.1, -0.05) is 37.3 Å². The Balaban J connectivity index is 0.00000320. The highest BCUT2D eigenvalue weighted by Gasteiger charge is 2.26. The standard InChI is InChI=1S/C23H40N6.HI/c1-5-22(20-10-8-7-9-11-20)28-14-16-29(17-15-28)23(24-6-2)25-18-21-19-26(3)12-13-27(21)4;/h7-11,21-22H,5-6,12-19H2,1-4H3,(H,24,25);1H. The first-order valence-corrected chi connectivity index (χ1v) is 11.3. The third-order valence-electron chi connectivity index (χ3n) is 6.39. The SMILES string of the molecule is CCNC(=NCC1CN(C)CCN1C)N1CCN(C(CC)c2ccccc2)CC1.I. The van der Waals surface area contributed by atoms with Crippen LogP contribution in [0.5, 0.6) is 0 Å². The van der Waals surface area contributed by atoms with Crippen molar-refractivity contribution in [2.45, 2.75) is 32.4 Å². The minimum Gasteiger partial charge on any atom is -0.357 e. The molecule has 2 heterocycles. The van der Waals surface area contributed by atoms with E-state index >= 15 is 0 Å². The number of rotatable bonds is 6. The fourth-order valence-electron chi connectivity index (χ4n) is 4.54. The quantitative estimate of drug-likeness (QED) is 0.349. The van der Waals surface area contributed by atoms with Crippen molar-refractivity contribution >= 4 is 29.9 Å². The summed E-state index contributed by atoms with van der Waals surface area (Å²) in [7, 11) is 4.44. The van der Waals surface area contributed by atoms with E-state index in [-0.39, 0.29) is 24.0 Å². The lowest BCUT2D eigenvalue weighted by Gasteiger charge is -2.41. The lowest BCUT2D eigenvalue weighted by atomic mass is 10.0. The minimum atomic E-state index is 0. The third-order valence-corrected chi connectivity index (χ3v) is 6.39. The summed E-state index contributed by atoms with van der Waals surface area (Å²) in [6, 6.07) is 12.0. The molecule has 2 aliphatic heterocycles. The maximum atomic E-state index is 5.04. The van der Waals surface area contributed by atoms with Crippen molar-refractivity contribution in [3.8, 4) is 0 Å². The number of guanidine groups is 1. The molecule has 0 bridgehead atoms. The Labute approximate surface area is 200 Å². The zero-order valence-corrected chi connectivity index (χ0v) is 21.6. The van der Waals surface area contributed by atoms with Gasteiger partial charge >= 0.3 is 0 Å². The number of benzene rings is 1. The number of likely N-dealkylation sites (N-methyl/N-ethyl adjacent to an activating group) is 2. The Morgan fingerprint density at radius 1 is 1.03 bits per heavy atom. The minimum absolute atomic E-state index is 0. The van der Waals surface area contributed by atoms with Gasteiger partial charge in [0.1, 0.15) is 0 Å². The number of hydrogen-bond donors (Lipinski definition) is 1. The normalized spacial score (nSPS) is 23.1. The zero-order chi connectivity index (χ0) is 20.6. The summed E-state index contributed by atoms with van der Waals surface area (Å²) >= 11 is 0. The highest BCUT2D eigenvalue weighted by Crippen LogP contribution is 2.25. The van der Waals surface area contributed by atoms with Gasteiger partial charge in [-0.3, -0.25) is 14.8 Å². The van der Waals surface area contributed by atoms with Crippen LogP contribution < -0.4 is 5.32 Å². The molecule has 3 rings (SSSR count). The number of aliphatic imine (C=N–C) groups is 1. The van der Waals surface area contributed by atoms with Gasteiger partial charge in [-0.2, -0.15) is 0 Å². The van der Waals surface area contributed by atoms with Crippen LogP contribution in [0.25, 0.3) is 0 Å². The van der Waals surface area contributed by atoms with E-state index in [0.29, 0.717) is 12.1 Å². The molecule has 1 N–H and O–H groups in total. The number of nitrogens with one attached hydrogen (secondary N) is 1. The molecule has 0 aromatic heterocycles. The maximum Gasteiger partial charge on any atom is 0.194 e. The number of nitrogens with zero attached hydrogens (tertiary/aromatic N) is 5. The first-order valence-electron chi connectivity index (χ1n) is 11.3. The average molecular weight is 529 g/mol. The van der Waals surface area contributed by atoms with Gasteiger partial charge in [0.05, 0.1) is 6.54 Å². The first-order chi connectivity index (χ1) is 14.1. The average Bonchev–Trinajstić information content (AvgIpc) is 2.75. The van der Waals surface area contributed by atoms with Gasteiger partial charge in [-0.05, 0) is 33.0 Å². The van der Waals surface area contributed by atoms with E-state index < -0.39 is 0 Å². The molecule has 0 saturated carbocycles. The lowest BCUT2D eigenvalue weighted by Crippen LogP contribution is -2.54. The molecule has 30 heavy (non-hydrogen) atoms. The van der Waals surface area contributed by atoms with E-state index in [2.05, 4.69) is 83.2 Å². The largest absolute Gasteiger partial charge is 0.357 e. The van der Waals surface area contributed by atoms with Gasteiger partial charge in [0.2, 0.25) is 0 Å². The van der Waals surface area contributed by atoms with Crippen LogP contribution in [0.3, 0.4) is 0 Å². The van der Waals surface area contributed by atoms with Crippen LogP contribution in [0.15, 0.2) is 35.3 Å². The monoisotopic (exact) mass is 528 g/mol. The molecule has 2 fully saturated rings. The summed E-state index contributed by atoms with van der Waals surface area (Å²) in [6.45, 7) is 13.9. The molecule has 0 amide bonds. The number of piperazine rings is 2. The second-order valence-corrected chi connectivity index (χ2v) is 8.45. The van der Waals surface area contributed by atoms with Crippen molar-refractivity contribution in [2.75, 3.05) is 73.0 Å². The van der Waals surface area contributed by atoms with Crippen LogP contribution in [0.4, 0.5) is 0 Å². The molecule has 170 valence electrons. The van der Waals surface area contributed by atoms with Gasteiger partial charge in [-0.15, -0.1) is 24.0 Å². The fraction of sp³-hybridized carbons (Fsp3) is 0.696. The molecule has 6 nitrogen and oxygen atoms in total. The molecule has 1 aromatic carbocycles. The highest BCUT2D eigenvalue weighted by molar-refractivity contribution is 14.0. The summed E-state index contributed by atoms with van der Waals surface area (Å²) < 4.78 is 0. The molecule has 1 aromatic rings. The predicted molar refractivity (Wildman–Crippen MR) is 138 cm³/mol. The van der Waals surface area contributed by atoms with Gasteiger partial charge in [0.15, 0.2) is 5.96 Å². The smallest absolute Gasteiger partial charge is 0.194 e. The second kappa shape index (κ2) is 12.8.